The van der Waals surface area contributed by atoms with Gasteiger partial charge in [0.1, 0.15) is 11.6 Å². The number of aryl methyl sites for hydroxylation is 1. The van der Waals surface area contributed by atoms with Crippen LogP contribution in [-0.4, -0.2) is 19.9 Å². The number of aromatic hydroxyl groups is 1. The lowest BCUT2D eigenvalue weighted by molar-refractivity contribution is 0.389. The Morgan fingerprint density at radius 3 is 2.94 bits per heavy atom. The van der Waals surface area contributed by atoms with Crippen LogP contribution in [0.5, 0.6) is 5.75 Å². The molecule has 1 atom stereocenters. The van der Waals surface area contributed by atoms with E-state index in [9.17, 15) is 5.11 Å². The van der Waals surface area contributed by atoms with E-state index in [0.29, 0.717) is 17.4 Å². The molecule has 1 N–H and O–H groups in total. The van der Waals surface area contributed by atoms with Crippen molar-refractivity contribution in [2.75, 3.05) is 0 Å². The summed E-state index contributed by atoms with van der Waals surface area (Å²) in [4.78, 5) is 4.52. The lowest BCUT2D eigenvalue weighted by Crippen LogP contribution is -2.16. The molecule has 1 aromatic heterocycles. The molecule has 0 radical (unpaired) electrons. The smallest absolute Gasteiger partial charge is 0.185 e. The number of hydrogen-bond donors (Lipinski definition) is 1. The molecule has 1 unspecified atom stereocenters. The van der Waals surface area contributed by atoms with Gasteiger partial charge < -0.3 is 5.11 Å². The molecule has 0 spiro atoms. The van der Waals surface area contributed by atoms with Gasteiger partial charge in [0.05, 0.1) is 11.6 Å². The standard InChI is InChI=1S/C13H15N3O/c1-9-5-4-8-12-14-13(15-16(9)12)10-6-2-3-7-11(10)17/h2-3,6-7,9,17H,4-5,8H2,1H3. The molecule has 0 saturated carbocycles. The molecule has 4 nitrogen and oxygen atoms in total. The van der Waals surface area contributed by atoms with Crippen LogP contribution in [0.1, 0.15) is 31.6 Å². The van der Waals surface area contributed by atoms with Gasteiger partial charge in [-0.25, -0.2) is 9.67 Å². The van der Waals surface area contributed by atoms with Crippen molar-refractivity contribution in [2.45, 2.75) is 32.2 Å². The number of phenols is 1. The highest BCUT2D eigenvalue weighted by Crippen LogP contribution is 2.29. The predicted octanol–water partition coefficient (Wildman–Crippen LogP) is 2.55. The summed E-state index contributed by atoms with van der Waals surface area (Å²) >= 11 is 0. The Morgan fingerprint density at radius 1 is 1.35 bits per heavy atom. The zero-order valence-corrected chi connectivity index (χ0v) is 9.80. The number of para-hydroxylation sites is 1. The van der Waals surface area contributed by atoms with Gasteiger partial charge in [0.15, 0.2) is 5.82 Å². The van der Waals surface area contributed by atoms with Crippen LogP contribution in [0.25, 0.3) is 11.4 Å². The summed E-state index contributed by atoms with van der Waals surface area (Å²) in [5.41, 5.74) is 0.710. The van der Waals surface area contributed by atoms with E-state index >= 15 is 0 Å². The predicted molar refractivity (Wildman–Crippen MR) is 64.8 cm³/mol. The maximum absolute atomic E-state index is 9.80. The minimum atomic E-state index is 0.239. The minimum absolute atomic E-state index is 0.239. The second-order valence-corrected chi connectivity index (χ2v) is 4.55. The maximum Gasteiger partial charge on any atom is 0.185 e. The van der Waals surface area contributed by atoms with Crippen molar-refractivity contribution in [1.82, 2.24) is 14.8 Å². The van der Waals surface area contributed by atoms with E-state index in [-0.39, 0.29) is 5.75 Å². The maximum atomic E-state index is 9.80. The highest BCUT2D eigenvalue weighted by atomic mass is 16.3. The lowest BCUT2D eigenvalue weighted by atomic mass is 10.1. The van der Waals surface area contributed by atoms with Crippen LogP contribution in [0.4, 0.5) is 0 Å². The van der Waals surface area contributed by atoms with Gasteiger partial charge in [-0.2, -0.15) is 5.10 Å². The van der Waals surface area contributed by atoms with E-state index in [1.807, 2.05) is 16.8 Å². The Bertz CT molecular complexity index is 547. The van der Waals surface area contributed by atoms with Gasteiger partial charge in [-0.05, 0) is 31.9 Å². The number of aromatic nitrogens is 3. The van der Waals surface area contributed by atoms with E-state index in [0.717, 1.165) is 18.7 Å². The van der Waals surface area contributed by atoms with Crippen LogP contribution < -0.4 is 0 Å². The molecular formula is C13H15N3O. The topological polar surface area (TPSA) is 50.9 Å². The number of nitrogens with zero attached hydrogens (tertiary/aromatic N) is 3. The second kappa shape index (κ2) is 3.87. The molecule has 0 bridgehead atoms. The molecule has 88 valence electrons. The molecule has 1 aliphatic rings. The molecule has 4 heteroatoms. The highest BCUT2D eigenvalue weighted by Gasteiger charge is 2.21. The first-order valence-corrected chi connectivity index (χ1v) is 5.99. The summed E-state index contributed by atoms with van der Waals surface area (Å²) in [6, 6.07) is 7.61. The first-order chi connectivity index (χ1) is 8.25. The lowest BCUT2D eigenvalue weighted by Gasteiger charge is -2.18. The van der Waals surface area contributed by atoms with Gasteiger partial charge in [-0.3, -0.25) is 0 Å². The third kappa shape index (κ3) is 1.69. The van der Waals surface area contributed by atoms with Crippen LogP contribution in [-0.2, 0) is 6.42 Å². The summed E-state index contributed by atoms with van der Waals surface area (Å²) < 4.78 is 1.99. The monoisotopic (exact) mass is 229 g/mol. The summed E-state index contributed by atoms with van der Waals surface area (Å²) in [5.74, 6) is 1.90. The average Bonchev–Trinajstić information content (AvgIpc) is 2.75. The van der Waals surface area contributed by atoms with Crippen molar-refractivity contribution in [2.24, 2.45) is 0 Å². The van der Waals surface area contributed by atoms with E-state index < -0.39 is 0 Å². The first-order valence-electron chi connectivity index (χ1n) is 5.99. The third-order valence-electron chi connectivity index (χ3n) is 3.29. The minimum Gasteiger partial charge on any atom is -0.507 e. The van der Waals surface area contributed by atoms with Gasteiger partial charge in [-0.1, -0.05) is 12.1 Å². The Balaban J connectivity index is 2.08. The molecule has 1 aliphatic heterocycles. The molecule has 2 heterocycles. The Morgan fingerprint density at radius 2 is 2.18 bits per heavy atom. The van der Waals surface area contributed by atoms with Gasteiger partial charge in [0, 0.05) is 6.42 Å². The number of hydrogen-bond acceptors (Lipinski definition) is 3. The highest BCUT2D eigenvalue weighted by molar-refractivity contribution is 5.63. The molecule has 2 aromatic rings. The molecular weight excluding hydrogens is 214 g/mol. The average molecular weight is 229 g/mol. The normalized spacial score (nSPS) is 19.0. The van der Waals surface area contributed by atoms with Crippen LogP contribution in [0.15, 0.2) is 24.3 Å². The van der Waals surface area contributed by atoms with E-state index in [1.54, 1.807) is 12.1 Å². The van der Waals surface area contributed by atoms with Crippen molar-refractivity contribution < 1.29 is 5.11 Å². The molecule has 0 fully saturated rings. The van der Waals surface area contributed by atoms with E-state index in [4.69, 9.17) is 0 Å². The molecule has 17 heavy (non-hydrogen) atoms. The molecule has 1 aromatic carbocycles. The molecule has 3 rings (SSSR count). The quantitative estimate of drug-likeness (QED) is 0.817. The number of benzene rings is 1. The van der Waals surface area contributed by atoms with Crippen molar-refractivity contribution in [3.8, 4) is 17.1 Å². The summed E-state index contributed by atoms with van der Waals surface area (Å²) in [5, 5.41) is 14.3. The van der Waals surface area contributed by atoms with Gasteiger partial charge >= 0.3 is 0 Å². The van der Waals surface area contributed by atoms with Crippen molar-refractivity contribution >= 4 is 0 Å². The Kier molecular flexibility index (Phi) is 2.35. The molecule has 0 amide bonds. The van der Waals surface area contributed by atoms with E-state index in [1.165, 1.54) is 6.42 Å². The zero-order valence-electron chi connectivity index (χ0n) is 9.80. The fourth-order valence-electron chi connectivity index (χ4n) is 2.33. The van der Waals surface area contributed by atoms with Crippen molar-refractivity contribution in [3.05, 3.63) is 30.1 Å². The van der Waals surface area contributed by atoms with Gasteiger partial charge in [0.25, 0.3) is 0 Å². The SMILES string of the molecule is CC1CCCc2nc(-c3ccccc3O)nn21. The van der Waals surface area contributed by atoms with Gasteiger partial charge in [0.2, 0.25) is 0 Å². The van der Waals surface area contributed by atoms with Crippen LogP contribution in [0.3, 0.4) is 0 Å². The second-order valence-electron chi connectivity index (χ2n) is 4.55. The number of phenolic OH excluding ortho intramolecular Hbond substituents is 1. The summed E-state index contributed by atoms with van der Waals surface area (Å²) in [7, 11) is 0. The van der Waals surface area contributed by atoms with Crippen molar-refractivity contribution in [3.63, 3.8) is 0 Å². The first kappa shape index (κ1) is 10.3. The largest absolute Gasteiger partial charge is 0.507 e. The van der Waals surface area contributed by atoms with Crippen molar-refractivity contribution in [1.29, 1.82) is 0 Å². The fourth-order valence-corrected chi connectivity index (χ4v) is 2.33. The number of rotatable bonds is 1. The van der Waals surface area contributed by atoms with Gasteiger partial charge in [-0.15, -0.1) is 0 Å². The Hall–Kier alpha value is -1.84. The van der Waals surface area contributed by atoms with Crippen LogP contribution in [0.2, 0.25) is 0 Å². The van der Waals surface area contributed by atoms with Crippen LogP contribution >= 0.6 is 0 Å². The van der Waals surface area contributed by atoms with E-state index in [2.05, 4.69) is 17.0 Å². The molecule has 0 aliphatic carbocycles. The van der Waals surface area contributed by atoms with Crippen LogP contribution in [0, 0.1) is 0 Å². The summed E-state index contributed by atoms with van der Waals surface area (Å²) in [6.45, 7) is 2.16. The fraction of sp³-hybridized carbons (Fsp3) is 0.385. The zero-order chi connectivity index (χ0) is 11.8. The number of fused-ring (bicyclic) bond motifs is 1. The summed E-state index contributed by atoms with van der Waals surface area (Å²) in [6.07, 6.45) is 3.29. The third-order valence-corrected chi connectivity index (χ3v) is 3.29. The molecule has 0 saturated heterocycles. The Labute approximate surface area is 99.9 Å².